The summed E-state index contributed by atoms with van der Waals surface area (Å²) in [7, 11) is -3.13. The Morgan fingerprint density at radius 2 is 2.00 bits per heavy atom. The lowest BCUT2D eigenvalue weighted by Crippen LogP contribution is -2.43. The van der Waals surface area contributed by atoms with E-state index in [-0.39, 0.29) is 23.7 Å². The van der Waals surface area contributed by atoms with E-state index in [0.717, 1.165) is 34.2 Å². The topological polar surface area (TPSA) is 67.3 Å². The van der Waals surface area contributed by atoms with Gasteiger partial charge in [-0.25, -0.2) is 13.4 Å². The Morgan fingerprint density at radius 1 is 1.33 bits per heavy atom. The highest BCUT2D eigenvalue weighted by Crippen LogP contribution is 2.31. The average molecular weight is 425 g/mol. The van der Waals surface area contributed by atoms with Crippen LogP contribution in [0, 0.1) is 6.92 Å². The van der Waals surface area contributed by atoms with Gasteiger partial charge in [-0.15, -0.1) is 23.1 Å². The largest absolute Gasteiger partial charge is 0.332 e. The molecule has 1 aromatic carbocycles. The zero-order chi connectivity index (χ0) is 19.6. The third-order valence-electron chi connectivity index (χ3n) is 4.35. The molecule has 1 unspecified atom stereocenters. The predicted octanol–water partition coefficient (Wildman–Crippen LogP) is 3.78. The van der Waals surface area contributed by atoms with Crippen LogP contribution in [-0.4, -0.2) is 48.3 Å². The van der Waals surface area contributed by atoms with Crippen LogP contribution in [-0.2, 0) is 15.6 Å². The summed E-state index contributed by atoms with van der Waals surface area (Å²) in [6.45, 7) is 3.81. The van der Waals surface area contributed by atoms with Gasteiger partial charge in [0.2, 0.25) is 0 Å². The minimum Gasteiger partial charge on any atom is -0.332 e. The zero-order valence-corrected chi connectivity index (χ0v) is 18.2. The third kappa shape index (κ3) is 5.80. The number of sulfone groups is 1. The zero-order valence-electron chi connectivity index (χ0n) is 15.7. The SMILES string of the molecule is Cc1nc(CSc2ccc(C(=O)N(C(C)CS(C)(=O)=O)C3CC3)cc2)cs1. The van der Waals surface area contributed by atoms with E-state index in [4.69, 9.17) is 0 Å². The van der Waals surface area contributed by atoms with Crippen molar-refractivity contribution in [3.05, 3.63) is 45.9 Å². The lowest BCUT2D eigenvalue weighted by molar-refractivity contribution is 0.0692. The highest BCUT2D eigenvalue weighted by Gasteiger charge is 2.37. The first-order valence-electron chi connectivity index (χ1n) is 8.87. The Morgan fingerprint density at radius 3 is 2.52 bits per heavy atom. The van der Waals surface area contributed by atoms with E-state index < -0.39 is 9.84 Å². The number of amides is 1. The Kier molecular flexibility index (Phi) is 6.28. The van der Waals surface area contributed by atoms with Crippen LogP contribution in [0.1, 0.15) is 40.8 Å². The van der Waals surface area contributed by atoms with Crippen molar-refractivity contribution in [2.45, 2.75) is 49.4 Å². The van der Waals surface area contributed by atoms with Gasteiger partial charge in [-0.2, -0.15) is 0 Å². The van der Waals surface area contributed by atoms with Crippen molar-refractivity contribution < 1.29 is 13.2 Å². The van der Waals surface area contributed by atoms with E-state index in [1.54, 1.807) is 28.0 Å². The fraction of sp³-hybridized carbons (Fsp3) is 0.474. The van der Waals surface area contributed by atoms with Crippen LogP contribution in [0.15, 0.2) is 34.5 Å². The quantitative estimate of drug-likeness (QED) is 0.603. The molecule has 1 aliphatic carbocycles. The van der Waals surface area contributed by atoms with Crippen molar-refractivity contribution in [2.75, 3.05) is 12.0 Å². The molecule has 1 aliphatic rings. The second-order valence-corrected chi connectivity index (χ2v) is 11.4. The summed E-state index contributed by atoms with van der Waals surface area (Å²) in [5.74, 6) is 0.716. The first-order valence-corrected chi connectivity index (χ1v) is 12.8. The molecule has 0 radical (unpaired) electrons. The second kappa shape index (κ2) is 8.32. The molecule has 27 heavy (non-hydrogen) atoms. The van der Waals surface area contributed by atoms with Crippen LogP contribution >= 0.6 is 23.1 Å². The maximum Gasteiger partial charge on any atom is 0.254 e. The molecule has 8 heteroatoms. The van der Waals surface area contributed by atoms with E-state index in [9.17, 15) is 13.2 Å². The number of carbonyl (C=O) groups excluding carboxylic acids is 1. The van der Waals surface area contributed by atoms with Crippen molar-refractivity contribution in [2.24, 2.45) is 0 Å². The molecule has 2 aromatic rings. The molecule has 1 fully saturated rings. The Balaban J connectivity index is 1.66. The van der Waals surface area contributed by atoms with Gasteiger partial charge in [0.15, 0.2) is 0 Å². The molecule has 0 N–H and O–H groups in total. The van der Waals surface area contributed by atoms with Crippen LogP contribution in [0.3, 0.4) is 0 Å². The first kappa shape index (κ1) is 20.4. The smallest absolute Gasteiger partial charge is 0.254 e. The summed E-state index contributed by atoms with van der Waals surface area (Å²) in [6, 6.07) is 7.41. The van der Waals surface area contributed by atoms with Gasteiger partial charge in [-0.05, 0) is 51.0 Å². The summed E-state index contributed by atoms with van der Waals surface area (Å²) < 4.78 is 23.3. The number of nitrogens with zero attached hydrogens (tertiary/aromatic N) is 2. The molecule has 1 saturated carbocycles. The Hall–Kier alpha value is -1.38. The van der Waals surface area contributed by atoms with Crippen LogP contribution in [0.5, 0.6) is 0 Å². The summed E-state index contributed by atoms with van der Waals surface area (Å²) in [5, 5.41) is 3.13. The molecule has 1 aromatic heterocycles. The predicted molar refractivity (Wildman–Crippen MR) is 111 cm³/mol. The molecule has 0 bridgehead atoms. The number of thioether (sulfide) groups is 1. The van der Waals surface area contributed by atoms with Gasteiger partial charge in [0.25, 0.3) is 5.91 Å². The number of thiazole rings is 1. The lowest BCUT2D eigenvalue weighted by Gasteiger charge is -2.29. The van der Waals surface area contributed by atoms with E-state index in [1.165, 1.54) is 6.26 Å². The number of aryl methyl sites for hydroxylation is 1. The van der Waals surface area contributed by atoms with Crippen LogP contribution in [0.25, 0.3) is 0 Å². The number of carbonyl (C=O) groups is 1. The highest BCUT2D eigenvalue weighted by molar-refractivity contribution is 7.98. The number of hydrogen-bond donors (Lipinski definition) is 0. The summed E-state index contributed by atoms with van der Waals surface area (Å²) >= 11 is 3.34. The van der Waals surface area contributed by atoms with Crippen LogP contribution in [0.4, 0.5) is 0 Å². The number of rotatable bonds is 8. The van der Waals surface area contributed by atoms with Crippen LogP contribution < -0.4 is 0 Å². The average Bonchev–Trinajstić information content (AvgIpc) is 3.32. The number of aromatic nitrogens is 1. The maximum atomic E-state index is 13.0. The summed E-state index contributed by atoms with van der Waals surface area (Å²) in [6.07, 6.45) is 3.11. The third-order valence-corrected chi connectivity index (χ3v) is 7.30. The van der Waals surface area contributed by atoms with Gasteiger partial charge in [-0.3, -0.25) is 4.79 Å². The standard InChI is InChI=1S/C19H24N2O3S3/c1-13(12-27(3,23)24)21(17-6-7-17)19(22)15-4-8-18(9-5-15)26-11-16-10-25-14(2)20-16/h4-5,8-10,13,17H,6-7,11-12H2,1-3H3. The van der Waals surface area contributed by atoms with Gasteiger partial charge in [-0.1, -0.05) is 0 Å². The summed E-state index contributed by atoms with van der Waals surface area (Å²) in [5.41, 5.74) is 1.67. The van der Waals surface area contributed by atoms with Crippen molar-refractivity contribution in [1.29, 1.82) is 0 Å². The van der Waals surface area contributed by atoms with Crippen molar-refractivity contribution in [1.82, 2.24) is 9.88 Å². The summed E-state index contributed by atoms with van der Waals surface area (Å²) in [4.78, 5) is 20.3. The van der Waals surface area contributed by atoms with Crippen LogP contribution in [0.2, 0.25) is 0 Å². The number of benzene rings is 1. The number of hydrogen-bond acceptors (Lipinski definition) is 6. The normalized spacial score (nSPS) is 15.5. The monoisotopic (exact) mass is 424 g/mol. The van der Waals surface area contributed by atoms with Gasteiger partial charge in [0, 0.05) is 39.9 Å². The minimum absolute atomic E-state index is 0.00374. The van der Waals surface area contributed by atoms with Gasteiger partial charge in [0.1, 0.15) is 9.84 Å². The first-order chi connectivity index (χ1) is 12.7. The van der Waals surface area contributed by atoms with Crippen molar-refractivity contribution >= 4 is 38.8 Å². The molecule has 0 aliphatic heterocycles. The fourth-order valence-corrected chi connectivity index (χ4v) is 5.62. The fourth-order valence-electron chi connectivity index (χ4n) is 3.07. The van der Waals surface area contributed by atoms with E-state index in [1.807, 2.05) is 38.1 Å². The van der Waals surface area contributed by atoms with Gasteiger partial charge >= 0.3 is 0 Å². The minimum atomic E-state index is -3.13. The van der Waals surface area contributed by atoms with Gasteiger partial charge in [0.05, 0.1) is 16.5 Å². The lowest BCUT2D eigenvalue weighted by atomic mass is 10.1. The molecule has 0 saturated heterocycles. The molecule has 146 valence electrons. The molecular weight excluding hydrogens is 400 g/mol. The molecule has 1 amide bonds. The Labute approximate surface area is 169 Å². The van der Waals surface area contributed by atoms with Crippen molar-refractivity contribution in [3.63, 3.8) is 0 Å². The molecule has 1 heterocycles. The highest BCUT2D eigenvalue weighted by atomic mass is 32.2. The molecule has 3 rings (SSSR count). The van der Waals surface area contributed by atoms with E-state index >= 15 is 0 Å². The molecule has 5 nitrogen and oxygen atoms in total. The second-order valence-electron chi connectivity index (χ2n) is 7.06. The van der Waals surface area contributed by atoms with Gasteiger partial charge < -0.3 is 4.90 Å². The van der Waals surface area contributed by atoms with E-state index in [0.29, 0.717) is 5.56 Å². The maximum absolute atomic E-state index is 13.0. The molecule has 0 spiro atoms. The van der Waals surface area contributed by atoms with E-state index in [2.05, 4.69) is 10.4 Å². The van der Waals surface area contributed by atoms with Crippen molar-refractivity contribution in [3.8, 4) is 0 Å². The Bertz CT molecular complexity index is 903. The molecular formula is C19H24N2O3S3. The molecule has 1 atom stereocenters.